The van der Waals surface area contributed by atoms with Crippen molar-refractivity contribution in [3.05, 3.63) is 33.8 Å². The van der Waals surface area contributed by atoms with Gasteiger partial charge in [0.15, 0.2) is 0 Å². The summed E-state index contributed by atoms with van der Waals surface area (Å²) in [6.45, 7) is 4.33. The Morgan fingerprint density at radius 2 is 1.85 bits per heavy atom. The van der Waals surface area contributed by atoms with E-state index in [9.17, 15) is 0 Å². The van der Waals surface area contributed by atoms with Crippen molar-refractivity contribution < 1.29 is 0 Å². The highest BCUT2D eigenvalue weighted by Crippen LogP contribution is 2.44. The summed E-state index contributed by atoms with van der Waals surface area (Å²) < 4.78 is 0. The van der Waals surface area contributed by atoms with Crippen LogP contribution in [0.1, 0.15) is 57.4 Å². The number of nitrogens with one attached hydrogen (secondary N) is 1. The van der Waals surface area contributed by atoms with Crippen LogP contribution in [0.15, 0.2) is 18.2 Å². The monoisotopic (exact) mass is 313 g/mol. The molecule has 0 heterocycles. The summed E-state index contributed by atoms with van der Waals surface area (Å²) in [5.41, 5.74) is 1.71. The van der Waals surface area contributed by atoms with Crippen LogP contribution in [0, 0.1) is 0 Å². The van der Waals surface area contributed by atoms with E-state index in [1.54, 1.807) is 0 Å². The Balaban J connectivity index is 2.14. The van der Waals surface area contributed by atoms with Gasteiger partial charge in [-0.1, -0.05) is 55.5 Å². The van der Waals surface area contributed by atoms with E-state index in [0.29, 0.717) is 15.5 Å². The molecule has 1 aromatic carbocycles. The van der Waals surface area contributed by atoms with Crippen LogP contribution in [0.3, 0.4) is 0 Å². The van der Waals surface area contributed by atoms with Gasteiger partial charge in [-0.2, -0.15) is 0 Å². The molecule has 0 aromatic heterocycles. The molecule has 1 fully saturated rings. The molecule has 0 amide bonds. The lowest BCUT2D eigenvalue weighted by atomic mass is 9.67. The van der Waals surface area contributed by atoms with Crippen LogP contribution < -0.4 is 5.32 Å². The molecular weight excluding hydrogens is 289 g/mol. The molecule has 112 valence electrons. The van der Waals surface area contributed by atoms with Crippen LogP contribution in [0.25, 0.3) is 0 Å². The Kier molecular flexibility index (Phi) is 6.20. The standard InChI is InChI=1S/C17H25Cl2N/c1-2-20-12-6-11-17(9-4-3-5-10-17)14-7-8-15(18)16(19)13-14/h7-8,13,20H,2-6,9-12H2,1H3. The number of benzene rings is 1. The molecule has 2 rings (SSSR count). The van der Waals surface area contributed by atoms with Crippen molar-refractivity contribution in [2.75, 3.05) is 13.1 Å². The number of hydrogen-bond acceptors (Lipinski definition) is 1. The number of hydrogen-bond donors (Lipinski definition) is 1. The van der Waals surface area contributed by atoms with E-state index in [4.69, 9.17) is 23.2 Å². The van der Waals surface area contributed by atoms with Gasteiger partial charge >= 0.3 is 0 Å². The van der Waals surface area contributed by atoms with E-state index < -0.39 is 0 Å². The molecule has 0 aliphatic heterocycles. The first-order valence-corrected chi connectivity index (χ1v) is 8.60. The van der Waals surface area contributed by atoms with Gasteiger partial charge in [-0.15, -0.1) is 0 Å². The van der Waals surface area contributed by atoms with E-state index >= 15 is 0 Å². The van der Waals surface area contributed by atoms with Gasteiger partial charge in [0.1, 0.15) is 0 Å². The average Bonchev–Trinajstić information content (AvgIpc) is 2.47. The minimum atomic E-state index is 0.321. The largest absolute Gasteiger partial charge is 0.317 e. The topological polar surface area (TPSA) is 12.0 Å². The summed E-state index contributed by atoms with van der Waals surface area (Å²) in [5, 5.41) is 4.79. The van der Waals surface area contributed by atoms with Crippen LogP contribution in [0.2, 0.25) is 10.0 Å². The van der Waals surface area contributed by atoms with Crippen molar-refractivity contribution in [2.45, 2.75) is 57.3 Å². The molecule has 0 bridgehead atoms. The second-order valence-corrected chi connectivity index (χ2v) is 6.74. The van der Waals surface area contributed by atoms with Gasteiger partial charge in [-0.25, -0.2) is 0 Å². The molecular formula is C17H25Cl2N. The van der Waals surface area contributed by atoms with E-state index in [1.807, 2.05) is 6.07 Å². The molecule has 0 unspecified atom stereocenters. The molecule has 3 heteroatoms. The van der Waals surface area contributed by atoms with Crippen LogP contribution in [-0.4, -0.2) is 13.1 Å². The predicted molar refractivity (Wildman–Crippen MR) is 89.0 cm³/mol. The summed E-state index contributed by atoms with van der Waals surface area (Å²) >= 11 is 12.3. The minimum absolute atomic E-state index is 0.321. The normalized spacial score (nSPS) is 18.1. The molecule has 1 aliphatic rings. The third-order valence-electron chi connectivity index (χ3n) is 4.60. The van der Waals surface area contributed by atoms with Gasteiger partial charge in [-0.05, 0) is 61.9 Å². The van der Waals surface area contributed by atoms with E-state index in [0.717, 1.165) is 13.1 Å². The Morgan fingerprint density at radius 3 is 2.50 bits per heavy atom. The van der Waals surface area contributed by atoms with Crippen LogP contribution >= 0.6 is 23.2 Å². The number of halogens is 2. The van der Waals surface area contributed by atoms with Crippen molar-refractivity contribution in [1.82, 2.24) is 5.32 Å². The molecule has 1 N–H and O–H groups in total. The highest BCUT2D eigenvalue weighted by molar-refractivity contribution is 6.42. The first-order valence-electron chi connectivity index (χ1n) is 7.84. The highest BCUT2D eigenvalue weighted by atomic mass is 35.5. The SMILES string of the molecule is CCNCCCC1(c2ccc(Cl)c(Cl)c2)CCCCC1. The van der Waals surface area contributed by atoms with Gasteiger partial charge in [0.2, 0.25) is 0 Å². The molecule has 1 nitrogen and oxygen atoms in total. The maximum absolute atomic E-state index is 6.23. The lowest BCUT2D eigenvalue weighted by molar-refractivity contribution is 0.267. The summed E-state index contributed by atoms with van der Waals surface area (Å²) in [5.74, 6) is 0. The van der Waals surface area contributed by atoms with E-state index in [2.05, 4.69) is 24.4 Å². The molecule has 0 saturated heterocycles. The Morgan fingerprint density at radius 1 is 1.10 bits per heavy atom. The third-order valence-corrected chi connectivity index (χ3v) is 5.34. The van der Waals surface area contributed by atoms with Crippen LogP contribution in [0.4, 0.5) is 0 Å². The predicted octanol–water partition coefficient (Wildman–Crippen LogP) is 5.59. The summed E-state index contributed by atoms with van der Waals surface area (Å²) in [6.07, 6.45) is 9.10. The van der Waals surface area contributed by atoms with Crippen molar-refractivity contribution >= 4 is 23.2 Å². The maximum atomic E-state index is 6.23. The van der Waals surface area contributed by atoms with Gasteiger partial charge in [-0.3, -0.25) is 0 Å². The van der Waals surface area contributed by atoms with Crippen molar-refractivity contribution in [2.24, 2.45) is 0 Å². The molecule has 1 saturated carbocycles. The molecule has 20 heavy (non-hydrogen) atoms. The summed E-state index contributed by atoms with van der Waals surface area (Å²) in [6, 6.07) is 6.25. The summed E-state index contributed by atoms with van der Waals surface area (Å²) in [7, 11) is 0. The summed E-state index contributed by atoms with van der Waals surface area (Å²) in [4.78, 5) is 0. The first kappa shape index (κ1) is 16.1. The molecule has 0 spiro atoms. The fourth-order valence-corrected chi connectivity index (χ4v) is 3.76. The second-order valence-electron chi connectivity index (χ2n) is 5.93. The lowest BCUT2D eigenvalue weighted by Gasteiger charge is -2.38. The van der Waals surface area contributed by atoms with Gasteiger partial charge in [0.25, 0.3) is 0 Å². The smallest absolute Gasteiger partial charge is 0.0595 e. The number of rotatable bonds is 6. The van der Waals surface area contributed by atoms with Crippen LogP contribution in [-0.2, 0) is 5.41 Å². The van der Waals surface area contributed by atoms with Crippen molar-refractivity contribution in [3.8, 4) is 0 Å². The van der Waals surface area contributed by atoms with Gasteiger partial charge in [0.05, 0.1) is 10.0 Å². The Hall–Kier alpha value is -0.240. The first-order chi connectivity index (χ1) is 9.68. The molecule has 0 radical (unpaired) electrons. The molecule has 1 aliphatic carbocycles. The van der Waals surface area contributed by atoms with Gasteiger partial charge in [0, 0.05) is 0 Å². The Bertz CT molecular complexity index is 425. The molecule has 0 atom stereocenters. The van der Waals surface area contributed by atoms with Gasteiger partial charge < -0.3 is 5.32 Å². The highest BCUT2D eigenvalue weighted by Gasteiger charge is 2.33. The molecule has 1 aromatic rings. The maximum Gasteiger partial charge on any atom is 0.0595 e. The lowest BCUT2D eigenvalue weighted by Crippen LogP contribution is -2.30. The zero-order valence-electron chi connectivity index (χ0n) is 12.4. The average molecular weight is 314 g/mol. The quantitative estimate of drug-likeness (QED) is 0.675. The third kappa shape index (κ3) is 3.90. The van der Waals surface area contributed by atoms with E-state index in [-0.39, 0.29) is 0 Å². The van der Waals surface area contributed by atoms with E-state index in [1.165, 1.54) is 50.5 Å². The zero-order chi connectivity index (χ0) is 14.4. The van der Waals surface area contributed by atoms with Crippen molar-refractivity contribution in [1.29, 1.82) is 0 Å². The van der Waals surface area contributed by atoms with Crippen molar-refractivity contribution in [3.63, 3.8) is 0 Å². The fraction of sp³-hybridized carbons (Fsp3) is 0.647. The Labute approximate surface area is 133 Å². The minimum Gasteiger partial charge on any atom is -0.317 e. The second kappa shape index (κ2) is 7.68. The zero-order valence-corrected chi connectivity index (χ0v) is 13.9. The van der Waals surface area contributed by atoms with Crippen LogP contribution in [0.5, 0.6) is 0 Å². The fourth-order valence-electron chi connectivity index (χ4n) is 3.47.